The summed E-state index contributed by atoms with van der Waals surface area (Å²) in [7, 11) is 0. The quantitative estimate of drug-likeness (QED) is 0.598. The molecule has 0 aliphatic carbocycles. The zero-order valence-electron chi connectivity index (χ0n) is 16.6. The lowest BCUT2D eigenvalue weighted by Gasteiger charge is -2.27. The van der Waals surface area contributed by atoms with Crippen molar-refractivity contribution in [2.75, 3.05) is 44.3 Å². The van der Waals surface area contributed by atoms with Crippen LogP contribution in [0.5, 0.6) is 0 Å². The Morgan fingerprint density at radius 1 is 1.23 bits per heavy atom. The summed E-state index contributed by atoms with van der Waals surface area (Å²) in [5, 5.41) is 8.82. The highest BCUT2D eigenvalue weighted by atomic mass is 32.1. The Morgan fingerprint density at radius 3 is 2.93 bits per heavy atom. The largest absolute Gasteiger partial charge is 0.379 e. The fraction of sp³-hybridized carbons (Fsp3) is 0.500. The van der Waals surface area contributed by atoms with Crippen molar-refractivity contribution in [1.82, 2.24) is 24.6 Å². The Kier molecular flexibility index (Phi) is 5.45. The molecule has 0 atom stereocenters. The number of carbonyl (C=O) groups excluding carboxylic acids is 1. The second kappa shape index (κ2) is 8.37. The van der Waals surface area contributed by atoms with E-state index in [2.05, 4.69) is 20.1 Å². The molecule has 1 saturated heterocycles. The van der Waals surface area contributed by atoms with E-state index in [0.717, 1.165) is 69.2 Å². The summed E-state index contributed by atoms with van der Waals surface area (Å²) < 4.78 is 22.2. The van der Waals surface area contributed by atoms with Crippen LogP contribution in [0.15, 0.2) is 18.2 Å². The number of benzene rings is 1. The van der Waals surface area contributed by atoms with Crippen LogP contribution in [0.1, 0.15) is 29.3 Å². The highest BCUT2D eigenvalue weighted by molar-refractivity contribution is 7.22. The average Bonchev–Trinajstić information content (AvgIpc) is 3.47. The van der Waals surface area contributed by atoms with Crippen molar-refractivity contribution >= 4 is 32.6 Å². The van der Waals surface area contributed by atoms with Crippen LogP contribution in [0.25, 0.3) is 10.2 Å². The Bertz CT molecular complexity index is 1060. The Balaban J connectivity index is 1.41. The van der Waals surface area contributed by atoms with E-state index in [1.807, 2.05) is 10.6 Å². The molecule has 0 radical (unpaired) electrons. The van der Waals surface area contributed by atoms with Crippen LogP contribution in [0.4, 0.5) is 9.52 Å². The minimum absolute atomic E-state index is 0.225. The molecule has 2 aliphatic rings. The van der Waals surface area contributed by atoms with E-state index in [-0.39, 0.29) is 11.7 Å². The first-order chi connectivity index (χ1) is 14.7. The molecule has 5 rings (SSSR count). The lowest BCUT2D eigenvalue weighted by atomic mass is 10.3. The minimum atomic E-state index is -0.376. The molecule has 1 fully saturated rings. The van der Waals surface area contributed by atoms with Crippen molar-refractivity contribution in [3.05, 3.63) is 35.7 Å². The molecular weight excluding hydrogens is 407 g/mol. The molecular formula is C20H23FN6O2S. The zero-order chi connectivity index (χ0) is 20.5. The SMILES string of the molecule is O=C(c1nnc2n1CCC2)N(CCCN1CCOCC1)c1nc2c(F)cccc2s1. The van der Waals surface area contributed by atoms with Gasteiger partial charge >= 0.3 is 0 Å². The summed E-state index contributed by atoms with van der Waals surface area (Å²) in [5.41, 5.74) is 0.301. The molecule has 1 aromatic carbocycles. The first-order valence-electron chi connectivity index (χ1n) is 10.3. The monoisotopic (exact) mass is 430 g/mol. The van der Waals surface area contributed by atoms with Crippen LogP contribution in [-0.4, -0.2) is 69.9 Å². The Morgan fingerprint density at radius 2 is 2.10 bits per heavy atom. The number of ether oxygens (including phenoxy) is 1. The second-order valence-corrected chi connectivity index (χ2v) is 8.55. The number of fused-ring (bicyclic) bond motifs is 2. The van der Waals surface area contributed by atoms with Gasteiger partial charge in [-0.15, -0.1) is 10.2 Å². The number of morpholine rings is 1. The van der Waals surface area contributed by atoms with Gasteiger partial charge in [0.15, 0.2) is 5.13 Å². The van der Waals surface area contributed by atoms with Crippen LogP contribution in [-0.2, 0) is 17.7 Å². The summed E-state index contributed by atoms with van der Waals surface area (Å²) in [6.07, 6.45) is 2.59. The van der Waals surface area contributed by atoms with Crippen molar-refractivity contribution in [2.24, 2.45) is 0 Å². The topological polar surface area (TPSA) is 76.4 Å². The Labute approximate surface area is 177 Å². The number of hydrogen-bond acceptors (Lipinski definition) is 7. The van der Waals surface area contributed by atoms with Gasteiger partial charge in [0.2, 0.25) is 5.82 Å². The molecule has 2 aromatic heterocycles. The predicted molar refractivity (Wildman–Crippen MR) is 111 cm³/mol. The number of aryl methyl sites for hydroxylation is 1. The smallest absolute Gasteiger partial charge is 0.298 e. The van der Waals surface area contributed by atoms with E-state index in [9.17, 15) is 9.18 Å². The summed E-state index contributed by atoms with van der Waals surface area (Å²) >= 11 is 1.33. The van der Waals surface area contributed by atoms with Gasteiger partial charge in [-0.2, -0.15) is 0 Å². The molecule has 10 heteroatoms. The maximum Gasteiger partial charge on any atom is 0.298 e. The number of hydrogen-bond donors (Lipinski definition) is 0. The summed E-state index contributed by atoms with van der Waals surface area (Å²) in [5.74, 6) is 0.590. The fourth-order valence-corrected chi connectivity index (χ4v) is 5.01. The third kappa shape index (κ3) is 3.70. The van der Waals surface area contributed by atoms with Gasteiger partial charge in [0, 0.05) is 39.1 Å². The van der Waals surface area contributed by atoms with Gasteiger partial charge in [-0.3, -0.25) is 14.6 Å². The fourth-order valence-electron chi connectivity index (χ4n) is 4.01. The van der Waals surface area contributed by atoms with E-state index in [0.29, 0.717) is 23.0 Å². The second-order valence-electron chi connectivity index (χ2n) is 7.54. The van der Waals surface area contributed by atoms with Gasteiger partial charge in [-0.1, -0.05) is 17.4 Å². The molecule has 4 heterocycles. The van der Waals surface area contributed by atoms with E-state index in [4.69, 9.17) is 4.74 Å². The van der Waals surface area contributed by atoms with Crippen LogP contribution >= 0.6 is 11.3 Å². The van der Waals surface area contributed by atoms with Gasteiger partial charge in [-0.05, 0) is 25.0 Å². The predicted octanol–water partition coefficient (Wildman–Crippen LogP) is 2.34. The number of rotatable bonds is 6. The number of thiazole rings is 1. The van der Waals surface area contributed by atoms with Gasteiger partial charge < -0.3 is 9.30 Å². The first-order valence-corrected chi connectivity index (χ1v) is 11.1. The lowest BCUT2D eigenvalue weighted by molar-refractivity contribution is 0.0376. The molecule has 8 nitrogen and oxygen atoms in total. The first kappa shape index (κ1) is 19.5. The van der Waals surface area contributed by atoms with E-state index < -0.39 is 0 Å². The third-order valence-electron chi connectivity index (χ3n) is 5.60. The normalized spacial score (nSPS) is 16.8. The van der Waals surface area contributed by atoms with Crippen molar-refractivity contribution in [3.63, 3.8) is 0 Å². The molecule has 2 aliphatic heterocycles. The summed E-state index contributed by atoms with van der Waals surface area (Å²) in [6.45, 7) is 5.39. The number of carbonyl (C=O) groups is 1. The van der Waals surface area contributed by atoms with Crippen LogP contribution in [0.3, 0.4) is 0 Å². The lowest BCUT2D eigenvalue weighted by Crippen LogP contribution is -2.39. The highest BCUT2D eigenvalue weighted by Gasteiger charge is 2.29. The standard InChI is InChI=1S/C20H23FN6O2S/c21-14-4-1-5-15-17(14)22-20(30-15)27(9-3-7-25-10-12-29-13-11-25)19(28)18-24-23-16-6-2-8-26(16)18/h1,4-5H,2-3,6-13H2. The van der Waals surface area contributed by atoms with Crippen molar-refractivity contribution in [1.29, 1.82) is 0 Å². The summed E-state index contributed by atoms with van der Waals surface area (Å²) in [6, 6.07) is 4.88. The van der Waals surface area contributed by atoms with E-state index >= 15 is 0 Å². The van der Waals surface area contributed by atoms with Gasteiger partial charge in [0.05, 0.1) is 17.9 Å². The van der Waals surface area contributed by atoms with Crippen molar-refractivity contribution < 1.29 is 13.9 Å². The number of halogens is 1. The molecule has 0 unspecified atom stereocenters. The molecule has 1 amide bonds. The van der Waals surface area contributed by atoms with Gasteiger partial charge in [-0.25, -0.2) is 9.37 Å². The van der Waals surface area contributed by atoms with Crippen molar-refractivity contribution in [3.8, 4) is 0 Å². The molecule has 0 N–H and O–H groups in total. The molecule has 0 spiro atoms. The van der Waals surface area contributed by atoms with E-state index in [1.54, 1.807) is 11.0 Å². The van der Waals surface area contributed by atoms with Crippen molar-refractivity contribution in [2.45, 2.75) is 25.8 Å². The summed E-state index contributed by atoms with van der Waals surface area (Å²) in [4.78, 5) is 21.9. The van der Waals surface area contributed by atoms with Crippen LogP contribution < -0.4 is 4.90 Å². The third-order valence-corrected chi connectivity index (χ3v) is 6.64. The van der Waals surface area contributed by atoms with Gasteiger partial charge in [0.25, 0.3) is 5.91 Å². The number of aromatic nitrogens is 4. The van der Waals surface area contributed by atoms with Gasteiger partial charge in [0.1, 0.15) is 17.2 Å². The number of para-hydroxylation sites is 1. The maximum atomic E-state index is 14.2. The average molecular weight is 431 g/mol. The highest BCUT2D eigenvalue weighted by Crippen LogP contribution is 2.31. The number of anilines is 1. The minimum Gasteiger partial charge on any atom is -0.379 e. The molecule has 0 saturated carbocycles. The zero-order valence-corrected chi connectivity index (χ0v) is 17.4. The van der Waals surface area contributed by atoms with Crippen LogP contribution in [0, 0.1) is 5.82 Å². The van der Waals surface area contributed by atoms with E-state index in [1.165, 1.54) is 17.4 Å². The molecule has 0 bridgehead atoms. The molecule has 158 valence electrons. The van der Waals surface area contributed by atoms with Crippen LogP contribution in [0.2, 0.25) is 0 Å². The maximum absolute atomic E-state index is 14.2. The number of amides is 1. The Hall–Kier alpha value is -2.43. The molecule has 3 aromatic rings. The number of nitrogens with zero attached hydrogens (tertiary/aromatic N) is 6. The molecule has 30 heavy (non-hydrogen) atoms.